The van der Waals surface area contributed by atoms with E-state index in [-0.39, 0.29) is 96.5 Å². The van der Waals surface area contributed by atoms with Crippen molar-refractivity contribution in [3.8, 4) is 0 Å². The molecule has 0 amide bonds. The van der Waals surface area contributed by atoms with Crippen LogP contribution in [0.3, 0.4) is 0 Å². The van der Waals surface area contributed by atoms with Gasteiger partial charge in [0, 0.05) is 35.3 Å². The number of methoxy groups -OCH3 is 2. The molecule has 2 aromatic carbocycles. The summed E-state index contributed by atoms with van der Waals surface area (Å²) in [5, 5.41) is 2.02. The van der Waals surface area contributed by atoms with Gasteiger partial charge < -0.3 is 49.6 Å². The number of hydrogen-bond donors (Lipinski definition) is 2. The number of halogens is 2. The van der Waals surface area contributed by atoms with E-state index in [4.69, 9.17) is 72.8 Å². The highest BCUT2D eigenvalue weighted by molar-refractivity contribution is 6.32. The third kappa shape index (κ3) is 11.9. The van der Waals surface area contributed by atoms with Gasteiger partial charge in [-0.2, -0.15) is 10.1 Å². The second-order valence-corrected chi connectivity index (χ2v) is 13.5. The molecule has 2 aromatic rings. The molecule has 332 valence electrons. The van der Waals surface area contributed by atoms with Gasteiger partial charge in [0.2, 0.25) is 0 Å². The minimum absolute atomic E-state index is 0.0187. The first-order valence-corrected chi connectivity index (χ1v) is 19.8. The highest BCUT2D eigenvalue weighted by atomic mass is 35.5. The van der Waals surface area contributed by atoms with Gasteiger partial charge in [-0.25, -0.2) is 28.8 Å². The van der Waals surface area contributed by atoms with E-state index >= 15 is 0 Å². The van der Waals surface area contributed by atoms with Crippen LogP contribution in [-0.2, 0) is 66.9 Å². The fraction of sp³-hybridized carbons (Fsp3) is 0.333. The summed E-state index contributed by atoms with van der Waals surface area (Å²) in [5.41, 5.74) is 11.1. The minimum atomic E-state index is -1.21. The van der Waals surface area contributed by atoms with E-state index in [0.717, 1.165) is 36.7 Å². The summed E-state index contributed by atoms with van der Waals surface area (Å²) >= 11 is 13.2. The van der Waals surface area contributed by atoms with Crippen molar-refractivity contribution in [3.05, 3.63) is 128 Å². The van der Waals surface area contributed by atoms with Gasteiger partial charge in [0.15, 0.2) is 0 Å². The van der Waals surface area contributed by atoms with Crippen molar-refractivity contribution in [2.75, 3.05) is 67.0 Å². The Hall–Kier alpha value is -6.02. The maximum atomic E-state index is 13.7. The maximum Gasteiger partial charge on any atom is 0.356 e. The first-order valence-electron chi connectivity index (χ1n) is 19.0. The van der Waals surface area contributed by atoms with Crippen molar-refractivity contribution >= 4 is 59.0 Å². The lowest BCUT2D eigenvalue weighted by molar-refractivity contribution is -0.170. The molecule has 4 rings (SSSR count). The van der Waals surface area contributed by atoms with Gasteiger partial charge in [-0.3, -0.25) is 0 Å². The molecule has 0 saturated heterocycles. The van der Waals surface area contributed by atoms with Crippen molar-refractivity contribution in [1.29, 1.82) is 0 Å². The van der Waals surface area contributed by atoms with Crippen LogP contribution in [0.15, 0.2) is 107 Å². The number of nitrogens with zero attached hydrogens (tertiary/aromatic N) is 2. The molecule has 18 nitrogen and oxygen atoms in total. The van der Waals surface area contributed by atoms with Crippen LogP contribution in [0.4, 0.5) is 0 Å². The fourth-order valence-electron chi connectivity index (χ4n) is 6.31. The smallest absolute Gasteiger partial charge is 0.356 e. The van der Waals surface area contributed by atoms with Gasteiger partial charge in [0.05, 0.1) is 112 Å². The summed E-state index contributed by atoms with van der Waals surface area (Å²) < 4.78 is 32.2. The summed E-state index contributed by atoms with van der Waals surface area (Å²) in [6, 6.07) is 12.9. The minimum Gasteiger partial charge on any atom is -0.466 e. The first-order chi connectivity index (χ1) is 29.9. The van der Waals surface area contributed by atoms with E-state index in [2.05, 4.69) is 0 Å². The highest BCUT2D eigenvalue weighted by Crippen LogP contribution is 2.44. The SMILES string of the molecule is CCOC(=O)C1=C(COCCN)N(OC(=O)/C=C\C(=O)ON2C=C(C(=O)OC)[C@@H](c3ccccc3Cl)C(C(=O)OCC)=C2COCCN)C=C(C(=O)OC)[C@H]1c1ccccc1Cl. The zero-order valence-electron chi connectivity index (χ0n) is 34.3. The average Bonchev–Trinajstić information content (AvgIpc) is 3.26. The number of ether oxygens (including phenoxy) is 6. The molecular weight excluding hydrogens is 855 g/mol. The zero-order chi connectivity index (χ0) is 45.3. The topological polar surface area (TPSA) is 235 Å². The Morgan fingerprint density at radius 2 is 0.984 bits per heavy atom. The Kier molecular flexibility index (Phi) is 18.7. The van der Waals surface area contributed by atoms with Gasteiger partial charge in [-0.15, -0.1) is 0 Å². The first kappa shape index (κ1) is 48.6. The number of carbonyl (C=O) groups excluding carboxylic acids is 6. The number of hydroxylamine groups is 4. The molecule has 0 radical (unpaired) electrons. The molecule has 2 atom stereocenters. The Morgan fingerprint density at radius 1 is 0.613 bits per heavy atom. The number of benzene rings is 2. The van der Waals surface area contributed by atoms with Crippen LogP contribution in [0.25, 0.3) is 0 Å². The molecule has 2 aliphatic heterocycles. The second kappa shape index (κ2) is 23.8. The predicted octanol–water partition coefficient (Wildman–Crippen LogP) is 3.66. The summed E-state index contributed by atoms with van der Waals surface area (Å²) in [7, 11) is 2.24. The molecule has 2 heterocycles. The lowest BCUT2D eigenvalue weighted by Gasteiger charge is -2.34. The number of rotatable bonds is 20. The molecule has 62 heavy (non-hydrogen) atoms. The van der Waals surface area contributed by atoms with Crippen molar-refractivity contribution in [2.45, 2.75) is 25.7 Å². The molecule has 0 spiro atoms. The maximum absolute atomic E-state index is 13.7. The van der Waals surface area contributed by atoms with Crippen LogP contribution >= 0.6 is 23.2 Å². The fourth-order valence-corrected chi connectivity index (χ4v) is 6.80. The molecule has 20 heteroatoms. The predicted molar refractivity (Wildman–Crippen MR) is 221 cm³/mol. The Bertz CT molecular complexity index is 2020. The normalized spacial score (nSPS) is 16.4. The van der Waals surface area contributed by atoms with Crippen LogP contribution in [-0.4, -0.2) is 113 Å². The van der Waals surface area contributed by atoms with Gasteiger partial charge in [0.1, 0.15) is 0 Å². The molecule has 4 N–H and O–H groups in total. The largest absolute Gasteiger partial charge is 0.466 e. The number of nitrogens with two attached hydrogens (primary N) is 2. The molecular formula is C42H46Cl2N4O14. The van der Waals surface area contributed by atoms with E-state index in [1.807, 2.05) is 0 Å². The lowest BCUT2D eigenvalue weighted by atomic mass is 9.81. The van der Waals surface area contributed by atoms with Crippen molar-refractivity contribution in [1.82, 2.24) is 10.1 Å². The van der Waals surface area contributed by atoms with Crippen molar-refractivity contribution in [3.63, 3.8) is 0 Å². The highest BCUT2D eigenvalue weighted by Gasteiger charge is 2.43. The Morgan fingerprint density at radius 3 is 1.31 bits per heavy atom. The second-order valence-electron chi connectivity index (χ2n) is 12.7. The third-order valence-electron chi connectivity index (χ3n) is 8.87. The average molecular weight is 902 g/mol. The quantitative estimate of drug-likeness (QED) is 0.0835. The van der Waals surface area contributed by atoms with Gasteiger partial charge in [-0.05, 0) is 37.1 Å². The van der Waals surface area contributed by atoms with E-state index in [0.29, 0.717) is 23.3 Å². The van der Waals surface area contributed by atoms with Crippen molar-refractivity contribution < 1.29 is 66.9 Å². The Labute approximate surface area is 367 Å². The summed E-state index contributed by atoms with van der Waals surface area (Å²) in [6.45, 7) is 2.49. The van der Waals surface area contributed by atoms with E-state index in [1.54, 1.807) is 62.4 Å². The van der Waals surface area contributed by atoms with Crippen LogP contribution in [0.1, 0.15) is 36.8 Å². The van der Waals surface area contributed by atoms with E-state index in [9.17, 15) is 28.8 Å². The van der Waals surface area contributed by atoms with Crippen LogP contribution in [0.5, 0.6) is 0 Å². The van der Waals surface area contributed by atoms with Crippen molar-refractivity contribution in [2.24, 2.45) is 11.5 Å². The number of hydrogen-bond acceptors (Lipinski definition) is 18. The standard InChI is InChI=1S/C42H46Cl2N4O14/c1-5-59-41(53)37-31(23-57-19-17-45)47(21-27(39(51)55-3)35(37)25-11-7-9-13-29(25)43)61-33(49)15-16-34(50)62-48-22-28(40(52)56-4)36(26-12-8-10-14-30(26)44)38(42(54)60-6-2)32(48)24-58-20-18-46/h7-16,21-22,35-36H,5-6,17-20,23-24,45-46H2,1-4H3/b16-15-/t35-,36-/m1/s1. The van der Waals surface area contributed by atoms with Crippen LogP contribution in [0.2, 0.25) is 10.0 Å². The van der Waals surface area contributed by atoms with Crippen LogP contribution < -0.4 is 11.5 Å². The molecule has 0 bridgehead atoms. The van der Waals surface area contributed by atoms with Crippen LogP contribution in [0, 0.1) is 0 Å². The van der Waals surface area contributed by atoms with Gasteiger partial charge in [0.25, 0.3) is 0 Å². The molecule has 0 fully saturated rings. The number of esters is 4. The monoisotopic (exact) mass is 900 g/mol. The summed E-state index contributed by atoms with van der Waals surface area (Å²) in [6.07, 6.45) is 3.59. The zero-order valence-corrected chi connectivity index (χ0v) is 35.8. The van der Waals surface area contributed by atoms with Gasteiger partial charge in [-0.1, -0.05) is 59.6 Å². The van der Waals surface area contributed by atoms with Gasteiger partial charge >= 0.3 is 35.8 Å². The number of carbonyl (C=O) groups is 6. The molecule has 0 aliphatic carbocycles. The summed E-state index contributed by atoms with van der Waals surface area (Å²) in [5.74, 6) is -8.36. The third-order valence-corrected chi connectivity index (χ3v) is 9.55. The molecule has 2 aliphatic rings. The van der Waals surface area contributed by atoms with E-state index < -0.39 is 47.7 Å². The molecule has 0 unspecified atom stereocenters. The summed E-state index contributed by atoms with van der Waals surface area (Å²) in [4.78, 5) is 92.2. The Balaban J connectivity index is 1.76. The molecule has 0 aromatic heterocycles. The lowest BCUT2D eigenvalue weighted by Crippen LogP contribution is -2.36. The van der Waals surface area contributed by atoms with E-state index in [1.165, 1.54) is 0 Å². The molecule has 0 saturated carbocycles.